The Morgan fingerprint density at radius 3 is 2.52 bits per heavy atom. The molecule has 0 aliphatic carbocycles. The van der Waals surface area contributed by atoms with Gasteiger partial charge in [-0.1, -0.05) is 0 Å². The number of hydrogen-bond donors (Lipinski definition) is 2. The van der Waals surface area contributed by atoms with Gasteiger partial charge in [0.25, 0.3) is 0 Å². The van der Waals surface area contributed by atoms with Gasteiger partial charge < -0.3 is 10.6 Å². The van der Waals surface area contributed by atoms with E-state index >= 15 is 0 Å². The standard InChI is InChI=1S/C14H12F4N4S/c15-10-4-2-6-19-11(10)5-8-21-13(23)22-12-9(14(16,17)18)3-1-7-20-12/h1-4,6-7H,5,8H2,(H2,20,21,22,23). The van der Waals surface area contributed by atoms with Crippen LogP contribution < -0.4 is 10.6 Å². The number of halogens is 4. The van der Waals surface area contributed by atoms with Gasteiger partial charge >= 0.3 is 6.18 Å². The van der Waals surface area contributed by atoms with Gasteiger partial charge in [-0.05, 0) is 36.5 Å². The van der Waals surface area contributed by atoms with Crippen LogP contribution in [0.2, 0.25) is 0 Å². The molecule has 23 heavy (non-hydrogen) atoms. The topological polar surface area (TPSA) is 49.8 Å². The van der Waals surface area contributed by atoms with Gasteiger partial charge in [0.15, 0.2) is 5.11 Å². The fourth-order valence-electron chi connectivity index (χ4n) is 1.78. The van der Waals surface area contributed by atoms with Crippen LogP contribution in [0.1, 0.15) is 11.3 Å². The largest absolute Gasteiger partial charge is 0.419 e. The van der Waals surface area contributed by atoms with E-state index in [9.17, 15) is 17.6 Å². The molecule has 0 aliphatic heterocycles. The van der Waals surface area contributed by atoms with Crippen molar-refractivity contribution in [3.05, 3.63) is 53.7 Å². The molecule has 0 aliphatic rings. The third-order valence-corrected chi connectivity index (χ3v) is 3.07. The number of pyridine rings is 2. The van der Waals surface area contributed by atoms with Crippen molar-refractivity contribution >= 4 is 23.1 Å². The zero-order valence-corrected chi connectivity index (χ0v) is 12.5. The average molecular weight is 344 g/mol. The van der Waals surface area contributed by atoms with E-state index in [4.69, 9.17) is 12.2 Å². The van der Waals surface area contributed by atoms with Gasteiger partial charge in [-0.25, -0.2) is 9.37 Å². The van der Waals surface area contributed by atoms with Crippen LogP contribution in [-0.2, 0) is 12.6 Å². The van der Waals surface area contributed by atoms with Crippen LogP contribution in [0.3, 0.4) is 0 Å². The smallest absolute Gasteiger partial charge is 0.362 e. The van der Waals surface area contributed by atoms with E-state index in [1.807, 2.05) is 0 Å². The lowest BCUT2D eigenvalue weighted by molar-refractivity contribution is -0.137. The molecule has 0 spiro atoms. The molecule has 2 rings (SSSR count). The lowest BCUT2D eigenvalue weighted by Gasteiger charge is -2.14. The Balaban J connectivity index is 1.92. The minimum atomic E-state index is -4.54. The molecule has 4 nitrogen and oxygen atoms in total. The van der Waals surface area contributed by atoms with Gasteiger partial charge in [0.2, 0.25) is 0 Å². The Morgan fingerprint density at radius 2 is 1.83 bits per heavy atom. The number of thiocarbonyl (C=S) groups is 1. The van der Waals surface area contributed by atoms with Gasteiger partial charge in [-0.15, -0.1) is 0 Å². The van der Waals surface area contributed by atoms with E-state index in [-0.39, 0.29) is 29.6 Å². The molecule has 0 aromatic carbocycles. The second-order valence-corrected chi connectivity index (χ2v) is 4.87. The Hall–Kier alpha value is -2.29. The van der Waals surface area contributed by atoms with Crippen LogP contribution in [0.4, 0.5) is 23.4 Å². The lowest BCUT2D eigenvalue weighted by Crippen LogP contribution is -2.31. The highest BCUT2D eigenvalue weighted by atomic mass is 32.1. The summed E-state index contributed by atoms with van der Waals surface area (Å²) in [7, 11) is 0. The molecule has 0 bridgehead atoms. The normalized spacial score (nSPS) is 11.1. The summed E-state index contributed by atoms with van der Waals surface area (Å²) in [5, 5.41) is 5.05. The second-order valence-electron chi connectivity index (χ2n) is 4.46. The minimum Gasteiger partial charge on any atom is -0.362 e. The van der Waals surface area contributed by atoms with Crippen molar-refractivity contribution in [3.63, 3.8) is 0 Å². The summed E-state index contributed by atoms with van der Waals surface area (Å²) in [4.78, 5) is 7.50. The highest BCUT2D eigenvalue weighted by Crippen LogP contribution is 2.33. The van der Waals surface area contributed by atoms with E-state index < -0.39 is 17.6 Å². The van der Waals surface area contributed by atoms with Crippen LogP contribution in [0, 0.1) is 5.82 Å². The van der Waals surface area contributed by atoms with E-state index in [0.717, 1.165) is 6.07 Å². The maximum absolute atomic E-state index is 13.4. The number of nitrogens with one attached hydrogen (secondary N) is 2. The molecule has 0 saturated heterocycles. The molecule has 0 saturated carbocycles. The first kappa shape index (κ1) is 17.1. The van der Waals surface area contributed by atoms with Crippen molar-refractivity contribution in [3.8, 4) is 0 Å². The zero-order chi connectivity index (χ0) is 16.9. The van der Waals surface area contributed by atoms with Gasteiger partial charge in [0, 0.05) is 25.4 Å². The summed E-state index contributed by atoms with van der Waals surface area (Å²) in [5.41, 5.74) is -0.670. The maximum Gasteiger partial charge on any atom is 0.419 e. The number of aromatic nitrogens is 2. The van der Waals surface area contributed by atoms with Crippen LogP contribution in [0.25, 0.3) is 0 Å². The molecule has 0 atom stereocenters. The van der Waals surface area contributed by atoms with Crippen LogP contribution in [0.15, 0.2) is 36.7 Å². The van der Waals surface area contributed by atoms with Crippen molar-refractivity contribution in [1.82, 2.24) is 15.3 Å². The highest BCUT2D eigenvalue weighted by Gasteiger charge is 2.34. The third-order valence-electron chi connectivity index (χ3n) is 2.83. The number of nitrogens with zero attached hydrogens (tertiary/aromatic N) is 2. The summed E-state index contributed by atoms with van der Waals surface area (Å²) in [6, 6.07) is 4.84. The summed E-state index contributed by atoms with van der Waals surface area (Å²) in [6.45, 7) is 0.216. The zero-order valence-electron chi connectivity index (χ0n) is 11.7. The first-order chi connectivity index (χ1) is 10.9. The summed E-state index contributed by atoms with van der Waals surface area (Å²) in [5.74, 6) is -0.834. The van der Waals surface area contributed by atoms with E-state index in [1.165, 1.54) is 30.6 Å². The fraction of sp³-hybridized carbons (Fsp3) is 0.214. The van der Waals surface area contributed by atoms with E-state index in [1.54, 1.807) is 0 Å². The maximum atomic E-state index is 13.4. The SMILES string of the molecule is Fc1cccnc1CCNC(=S)Nc1ncccc1C(F)(F)F. The summed E-state index contributed by atoms with van der Waals surface area (Å²) in [6.07, 6.45) is -1.62. The molecule has 0 amide bonds. The molecule has 2 heterocycles. The highest BCUT2D eigenvalue weighted by molar-refractivity contribution is 7.80. The molecular weight excluding hydrogens is 332 g/mol. The van der Waals surface area contributed by atoms with Crippen LogP contribution >= 0.6 is 12.2 Å². The number of anilines is 1. The molecule has 9 heteroatoms. The fourth-order valence-corrected chi connectivity index (χ4v) is 1.98. The van der Waals surface area contributed by atoms with Crippen molar-refractivity contribution in [2.24, 2.45) is 0 Å². The van der Waals surface area contributed by atoms with Gasteiger partial charge in [0.05, 0.1) is 11.3 Å². The van der Waals surface area contributed by atoms with Crippen molar-refractivity contribution in [2.45, 2.75) is 12.6 Å². The Labute approximate surface area is 135 Å². The summed E-state index contributed by atoms with van der Waals surface area (Å²) < 4.78 is 51.8. The Kier molecular flexibility index (Phi) is 5.43. The van der Waals surface area contributed by atoms with Crippen molar-refractivity contribution < 1.29 is 17.6 Å². The molecule has 2 aromatic rings. The summed E-state index contributed by atoms with van der Waals surface area (Å²) >= 11 is 4.92. The van der Waals surface area contributed by atoms with Crippen molar-refractivity contribution in [1.29, 1.82) is 0 Å². The predicted octanol–water partition coefficient (Wildman–Crippen LogP) is 3.16. The first-order valence-corrected chi connectivity index (χ1v) is 6.95. The lowest BCUT2D eigenvalue weighted by atomic mass is 10.2. The molecule has 122 valence electrons. The molecular formula is C14H12F4N4S. The van der Waals surface area contributed by atoms with E-state index in [2.05, 4.69) is 20.6 Å². The van der Waals surface area contributed by atoms with Crippen molar-refractivity contribution in [2.75, 3.05) is 11.9 Å². The quantitative estimate of drug-likeness (QED) is 0.659. The Bertz CT molecular complexity index is 690. The van der Waals surface area contributed by atoms with Gasteiger partial charge in [-0.3, -0.25) is 4.98 Å². The molecule has 0 unspecified atom stereocenters. The van der Waals surface area contributed by atoms with Gasteiger partial charge in [-0.2, -0.15) is 13.2 Å². The minimum absolute atomic E-state index is 0.0365. The average Bonchev–Trinajstić information content (AvgIpc) is 2.49. The van der Waals surface area contributed by atoms with Gasteiger partial charge in [0.1, 0.15) is 11.6 Å². The number of hydrogen-bond acceptors (Lipinski definition) is 3. The first-order valence-electron chi connectivity index (χ1n) is 6.54. The van der Waals surface area contributed by atoms with E-state index in [0.29, 0.717) is 0 Å². The van der Waals surface area contributed by atoms with Crippen LogP contribution in [0.5, 0.6) is 0 Å². The monoisotopic (exact) mass is 344 g/mol. The predicted molar refractivity (Wildman–Crippen MR) is 81.4 cm³/mol. The molecule has 0 fully saturated rings. The Morgan fingerprint density at radius 1 is 1.13 bits per heavy atom. The number of alkyl halides is 3. The molecule has 0 radical (unpaired) electrons. The molecule has 2 N–H and O–H groups in total. The third kappa shape index (κ3) is 4.85. The number of rotatable bonds is 4. The second kappa shape index (κ2) is 7.32. The van der Waals surface area contributed by atoms with Crippen LogP contribution in [-0.4, -0.2) is 21.6 Å². The molecule has 2 aromatic heterocycles.